The fraction of sp³-hybridized carbons (Fsp3) is 0.311. The van der Waals surface area contributed by atoms with Crippen molar-refractivity contribution in [2.24, 2.45) is 0 Å². The predicted octanol–water partition coefficient (Wildman–Crippen LogP) is 10.2. The Hall–Kier alpha value is -5.90. The van der Waals surface area contributed by atoms with E-state index >= 15 is 0 Å². The summed E-state index contributed by atoms with van der Waals surface area (Å²) in [4.78, 5) is 0. The molecule has 0 radical (unpaired) electrons. The summed E-state index contributed by atoms with van der Waals surface area (Å²) in [6.07, 6.45) is -8.23. The third-order valence-corrected chi connectivity index (χ3v) is 12.8. The first-order valence-corrected chi connectivity index (χ1v) is 24.8. The van der Waals surface area contributed by atoms with Crippen LogP contribution in [0.25, 0.3) is 0 Å². The van der Waals surface area contributed by atoms with E-state index in [9.17, 15) is 5.11 Å². The van der Waals surface area contributed by atoms with Gasteiger partial charge in [-0.1, -0.05) is 212 Å². The molecule has 0 spiro atoms. The van der Waals surface area contributed by atoms with Crippen molar-refractivity contribution >= 4 is 0 Å². The van der Waals surface area contributed by atoms with Gasteiger partial charge in [-0.3, -0.25) is 0 Å². The fourth-order valence-electron chi connectivity index (χ4n) is 8.98. The molecule has 374 valence electrons. The van der Waals surface area contributed by atoms with Gasteiger partial charge in [-0.25, -0.2) is 0 Å². The number of aliphatic hydroxyl groups excluding tert-OH is 1. The average molecular weight is 973 g/mol. The largest absolute Gasteiger partial charge is 0.394 e. The SMILES string of the molecule is OC[C@H]1O[C@H](OC[C@H]2O[C@H](OCc3ccccc3)[C@@H](OCc3ccccc3)[C@@H](OCc3ccccc3)[C@@H]2OCc2ccccc2)[C@@H](OCc2ccccc2)[C@@H](OCc2ccccc2)[C@@H]1OCc1ccccc1. The molecule has 0 unspecified atom stereocenters. The predicted molar refractivity (Wildman–Crippen MR) is 272 cm³/mol. The van der Waals surface area contributed by atoms with Crippen LogP contribution >= 0.6 is 0 Å². The molecule has 11 nitrogen and oxygen atoms in total. The smallest absolute Gasteiger partial charge is 0.187 e. The normalized spacial score (nSPS) is 24.2. The standard InChI is InChI=1S/C61H64O11/c62-36-52-54(63-37-45-22-8-1-9-23-45)56(65-39-47-26-12-3-13-27-47)58(67-41-49-30-16-5-17-31-49)61(71-52)70-44-53-55(64-38-46-24-10-2-11-25-46)57(66-40-48-28-14-4-15-29-48)59(68-42-50-32-18-6-19-33-50)60(72-53)69-43-51-34-20-7-21-35-51/h1-35,52-62H,36-44H2/t52-,53-,54-,55-,56+,57+,58+,59+,60+,61+/m1/s1. The molecular formula is C61H64O11. The summed E-state index contributed by atoms with van der Waals surface area (Å²) in [5, 5.41) is 11.1. The number of aliphatic hydroxyl groups is 1. The quantitative estimate of drug-likeness (QED) is 0.0591. The number of rotatable bonds is 25. The van der Waals surface area contributed by atoms with Gasteiger partial charge in [0.2, 0.25) is 0 Å². The molecule has 1 N–H and O–H groups in total. The topological polar surface area (TPSA) is 113 Å². The second-order valence-electron chi connectivity index (χ2n) is 18.0. The van der Waals surface area contributed by atoms with E-state index < -0.39 is 61.4 Å². The van der Waals surface area contributed by atoms with Crippen molar-refractivity contribution < 1.29 is 52.5 Å². The molecule has 9 rings (SSSR count). The van der Waals surface area contributed by atoms with Crippen LogP contribution < -0.4 is 0 Å². The highest BCUT2D eigenvalue weighted by molar-refractivity contribution is 5.19. The van der Waals surface area contributed by atoms with Crippen molar-refractivity contribution in [3.05, 3.63) is 251 Å². The number of hydrogen-bond acceptors (Lipinski definition) is 11. The Labute approximate surface area is 423 Å². The molecule has 0 bridgehead atoms. The highest BCUT2D eigenvalue weighted by atomic mass is 16.8. The van der Waals surface area contributed by atoms with E-state index in [0.717, 1.165) is 38.9 Å². The monoisotopic (exact) mass is 972 g/mol. The Morgan fingerprint density at radius 3 is 0.806 bits per heavy atom. The number of benzene rings is 7. The molecule has 0 amide bonds. The minimum absolute atomic E-state index is 0.0593. The molecule has 2 fully saturated rings. The first-order chi connectivity index (χ1) is 35.7. The first-order valence-electron chi connectivity index (χ1n) is 24.8. The van der Waals surface area contributed by atoms with Crippen LogP contribution in [0.5, 0.6) is 0 Å². The van der Waals surface area contributed by atoms with Crippen LogP contribution in [-0.2, 0) is 93.6 Å². The lowest BCUT2D eigenvalue weighted by Gasteiger charge is -2.48. The molecule has 2 aliphatic rings. The molecule has 0 saturated carbocycles. The fourth-order valence-corrected chi connectivity index (χ4v) is 8.98. The van der Waals surface area contributed by atoms with E-state index in [4.69, 9.17) is 47.4 Å². The number of hydrogen-bond donors (Lipinski definition) is 1. The Bertz CT molecular complexity index is 2550. The van der Waals surface area contributed by atoms with E-state index in [1.165, 1.54) is 0 Å². The lowest BCUT2D eigenvalue weighted by atomic mass is 9.96. The summed E-state index contributed by atoms with van der Waals surface area (Å²) in [6.45, 7) is 1.34. The molecule has 10 atom stereocenters. The third kappa shape index (κ3) is 14.6. The minimum Gasteiger partial charge on any atom is -0.394 e. The van der Waals surface area contributed by atoms with Gasteiger partial charge in [-0.05, 0) is 38.9 Å². The summed E-state index contributed by atoms with van der Waals surface area (Å²) in [6, 6.07) is 69.8. The molecular weight excluding hydrogens is 909 g/mol. The second kappa shape index (κ2) is 27.2. The average Bonchev–Trinajstić information content (AvgIpc) is 3.45. The zero-order chi connectivity index (χ0) is 49.0. The van der Waals surface area contributed by atoms with Crippen LogP contribution in [0.2, 0.25) is 0 Å². The zero-order valence-corrected chi connectivity index (χ0v) is 40.4. The molecule has 2 saturated heterocycles. The van der Waals surface area contributed by atoms with Gasteiger partial charge < -0.3 is 52.5 Å². The van der Waals surface area contributed by atoms with Gasteiger partial charge in [0, 0.05) is 0 Å². The highest BCUT2D eigenvalue weighted by Gasteiger charge is 2.52. The molecule has 7 aromatic carbocycles. The maximum Gasteiger partial charge on any atom is 0.187 e. The van der Waals surface area contributed by atoms with Crippen LogP contribution in [0.4, 0.5) is 0 Å². The lowest BCUT2D eigenvalue weighted by Crippen LogP contribution is -2.64. The Morgan fingerprint density at radius 2 is 0.500 bits per heavy atom. The van der Waals surface area contributed by atoms with Gasteiger partial charge >= 0.3 is 0 Å². The van der Waals surface area contributed by atoms with Crippen molar-refractivity contribution in [3.63, 3.8) is 0 Å². The van der Waals surface area contributed by atoms with Gasteiger partial charge in [0.25, 0.3) is 0 Å². The van der Waals surface area contributed by atoms with Crippen molar-refractivity contribution in [2.75, 3.05) is 13.2 Å². The van der Waals surface area contributed by atoms with Crippen LogP contribution in [-0.4, -0.2) is 79.7 Å². The van der Waals surface area contributed by atoms with Crippen LogP contribution in [0, 0.1) is 0 Å². The highest BCUT2D eigenvalue weighted by Crippen LogP contribution is 2.35. The molecule has 2 heterocycles. The van der Waals surface area contributed by atoms with E-state index in [0.29, 0.717) is 0 Å². The van der Waals surface area contributed by atoms with Gasteiger partial charge in [-0.2, -0.15) is 0 Å². The Kier molecular flexibility index (Phi) is 19.3. The van der Waals surface area contributed by atoms with Crippen molar-refractivity contribution in [2.45, 2.75) is 108 Å². The molecule has 72 heavy (non-hydrogen) atoms. The van der Waals surface area contributed by atoms with Gasteiger partial charge in [0.15, 0.2) is 12.6 Å². The summed E-state index contributed by atoms with van der Waals surface area (Å²) >= 11 is 0. The molecule has 0 aromatic heterocycles. The van der Waals surface area contributed by atoms with Gasteiger partial charge in [-0.15, -0.1) is 0 Å². The second-order valence-corrected chi connectivity index (χ2v) is 18.0. The summed E-state index contributed by atoms with van der Waals surface area (Å²) < 4.78 is 68.7. The maximum atomic E-state index is 11.1. The Morgan fingerprint density at radius 1 is 0.264 bits per heavy atom. The summed E-state index contributed by atoms with van der Waals surface area (Å²) in [5.41, 5.74) is 6.79. The van der Waals surface area contributed by atoms with Crippen LogP contribution in [0.3, 0.4) is 0 Å². The minimum atomic E-state index is -1.07. The summed E-state index contributed by atoms with van der Waals surface area (Å²) in [7, 11) is 0. The van der Waals surface area contributed by atoms with E-state index in [1.54, 1.807) is 0 Å². The molecule has 11 heteroatoms. The molecule has 0 aliphatic carbocycles. The van der Waals surface area contributed by atoms with Crippen molar-refractivity contribution in [3.8, 4) is 0 Å². The van der Waals surface area contributed by atoms with Crippen LogP contribution in [0.1, 0.15) is 38.9 Å². The first kappa shape index (κ1) is 51.0. The molecule has 2 aliphatic heterocycles. The molecule has 7 aromatic rings. The van der Waals surface area contributed by atoms with Crippen molar-refractivity contribution in [1.29, 1.82) is 0 Å². The Balaban J connectivity index is 1.05. The van der Waals surface area contributed by atoms with Crippen molar-refractivity contribution in [1.82, 2.24) is 0 Å². The van der Waals surface area contributed by atoms with E-state index in [-0.39, 0.29) is 59.5 Å². The summed E-state index contributed by atoms with van der Waals surface area (Å²) in [5.74, 6) is 0. The van der Waals surface area contributed by atoms with Crippen LogP contribution in [0.15, 0.2) is 212 Å². The van der Waals surface area contributed by atoms with Gasteiger partial charge in [0.05, 0.1) is 59.5 Å². The lowest BCUT2D eigenvalue weighted by molar-refractivity contribution is -0.353. The maximum absolute atomic E-state index is 11.1. The van der Waals surface area contributed by atoms with E-state index in [2.05, 4.69) is 0 Å². The third-order valence-electron chi connectivity index (χ3n) is 12.8. The van der Waals surface area contributed by atoms with E-state index in [1.807, 2.05) is 212 Å². The zero-order valence-electron chi connectivity index (χ0n) is 40.4. The van der Waals surface area contributed by atoms with Gasteiger partial charge in [0.1, 0.15) is 48.8 Å². The number of ether oxygens (including phenoxy) is 10.